The molecule has 1 unspecified atom stereocenters. The normalized spacial score (nSPS) is 11.4. The number of benzene rings is 1. The summed E-state index contributed by atoms with van der Waals surface area (Å²) in [6.07, 6.45) is 5.01. The molecular formula is C19H19NO6. The number of hydrogen-bond acceptors (Lipinski definition) is 6. The van der Waals surface area contributed by atoms with Crippen molar-refractivity contribution in [3.63, 3.8) is 0 Å². The summed E-state index contributed by atoms with van der Waals surface area (Å²) in [7, 11) is 1.39. The van der Waals surface area contributed by atoms with Gasteiger partial charge in [0.25, 0.3) is 0 Å². The van der Waals surface area contributed by atoms with Crippen LogP contribution in [0.1, 0.15) is 29.4 Å². The molecule has 1 heterocycles. The summed E-state index contributed by atoms with van der Waals surface area (Å²) in [5.41, 5.74) is -0.0944. The van der Waals surface area contributed by atoms with E-state index in [1.165, 1.54) is 19.2 Å². The molecule has 2 aromatic rings. The largest absolute Gasteiger partial charge is 0.504 e. The first-order chi connectivity index (χ1) is 12.4. The van der Waals surface area contributed by atoms with Crippen LogP contribution >= 0.6 is 0 Å². The van der Waals surface area contributed by atoms with Gasteiger partial charge in [-0.3, -0.25) is 9.59 Å². The van der Waals surface area contributed by atoms with Crippen LogP contribution in [-0.2, 0) is 4.79 Å². The van der Waals surface area contributed by atoms with E-state index in [-0.39, 0.29) is 36.1 Å². The molecule has 2 rings (SSSR count). The topological polar surface area (TPSA) is 109 Å². The van der Waals surface area contributed by atoms with Crippen LogP contribution in [-0.4, -0.2) is 29.8 Å². The molecule has 7 heteroatoms. The summed E-state index contributed by atoms with van der Waals surface area (Å²) in [4.78, 5) is 24.1. The van der Waals surface area contributed by atoms with E-state index in [1.54, 1.807) is 13.0 Å². The molecule has 0 radical (unpaired) electrons. The fourth-order valence-corrected chi connectivity index (χ4v) is 2.54. The SMILES string of the molecule is C#CCNC(=O)CC(c1ccc(O)c(OC)c1)c1oc(C)cc(=O)c1O. The third-order valence-electron chi connectivity index (χ3n) is 3.77. The smallest absolute Gasteiger partial charge is 0.227 e. The summed E-state index contributed by atoms with van der Waals surface area (Å²) < 4.78 is 10.6. The molecule has 7 nitrogen and oxygen atoms in total. The van der Waals surface area contributed by atoms with E-state index < -0.39 is 17.1 Å². The Morgan fingerprint density at radius 3 is 2.77 bits per heavy atom. The number of amides is 1. The number of terminal acetylenes is 1. The van der Waals surface area contributed by atoms with Gasteiger partial charge in [0.1, 0.15) is 5.76 Å². The van der Waals surface area contributed by atoms with Crippen molar-refractivity contribution in [2.45, 2.75) is 19.3 Å². The second kappa shape index (κ2) is 8.12. The minimum absolute atomic E-state index is 0.0430. The highest BCUT2D eigenvalue weighted by Gasteiger charge is 2.26. The van der Waals surface area contributed by atoms with Crippen LogP contribution in [0, 0.1) is 19.3 Å². The first-order valence-electron chi connectivity index (χ1n) is 7.78. The summed E-state index contributed by atoms with van der Waals surface area (Å²) in [6, 6.07) is 5.62. The van der Waals surface area contributed by atoms with Crippen LogP contribution in [0.5, 0.6) is 17.2 Å². The lowest BCUT2D eigenvalue weighted by atomic mass is 9.91. The van der Waals surface area contributed by atoms with E-state index >= 15 is 0 Å². The highest BCUT2D eigenvalue weighted by molar-refractivity contribution is 5.78. The highest BCUT2D eigenvalue weighted by Crippen LogP contribution is 2.37. The third-order valence-corrected chi connectivity index (χ3v) is 3.77. The number of nitrogens with one attached hydrogen (secondary N) is 1. The number of aryl methyl sites for hydroxylation is 1. The van der Waals surface area contributed by atoms with Crippen molar-refractivity contribution in [2.24, 2.45) is 0 Å². The Hall–Kier alpha value is -3.40. The van der Waals surface area contributed by atoms with Crippen molar-refractivity contribution in [2.75, 3.05) is 13.7 Å². The zero-order valence-corrected chi connectivity index (χ0v) is 14.4. The Morgan fingerprint density at radius 1 is 1.38 bits per heavy atom. The van der Waals surface area contributed by atoms with Crippen molar-refractivity contribution >= 4 is 5.91 Å². The minimum atomic E-state index is -0.783. The maximum absolute atomic E-state index is 12.2. The maximum atomic E-state index is 12.2. The van der Waals surface area contributed by atoms with Gasteiger partial charge in [-0.05, 0) is 24.6 Å². The van der Waals surface area contributed by atoms with E-state index in [0.717, 1.165) is 6.07 Å². The van der Waals surface area contributed by atoms with Gasteiger partial charge in [-0.25, -0.2) is 0 Å². The molecule has 26 heavy (non-hydrogen) atoms. The molecule has 0 bridgehead atoms. The Balaban J connectivity index is 2.55. The molecule has 0 aliphatic heterocycles. The van der Waals surface area contributed by atoms with Crippen molar-refractivity contribution in [3.05, 3.63) is 51.6 Å². The van der Waals surface area contributed by atoms with Crippen LogP contribution < -0.4 is 15.5 Å². The lowest BCUT2D eigenvalue weighted by Crippen LogP contribution is -2.26. The number of hydrogen-bond donors (Lipinski definition) is 3. The van der Waals surface area contributed by atoms with E-state index in [4.69, 9.17) is 15.6 Å². The molecule has 0 spiro atoms. The molecular weight excluding hydrogens is 338 g/mol. The van der Waals surface area contributed by atoms with Crippen molar-refractivity contribution in [3.8, 4) is 29.6 Å². The summed E-state index contributed by atoms with van der Waals surface area (Å²) in [6.45, 7) is 1.62. The Bertz CT molecular complexity index is 909. The second-order valence-corrected chi connectivity index (χ2v) is 5.60. The molecule has 1 atom stereocenters. The predicted octanol–water partition coefficient (Wildman–Crippen LogP) is 1.64. The van der Waals surface area contributed by atoms with Gasteiger partial charge >= 0.3 is 0 Å². The number of phenols is 1. The van der Waals surface area contributed by atoms with E-state index in [2.05, 4.69) is 11.2 Å². The van der Waals surface area contributed by atoms with Crippen LogP contribution in [0.25, 0.3) is 0 Å². The lowest BCUT2D eigenvalue weighted by molar-refractivity contribution is -0.121. The van der Waals surface area contributed by atoms with E-state index in [9.17, 15) is 19.8 Å². The first-order valence-corrected chi connectivity index (χ1v) is 7.78. The summed E-state index contributed by atoms with van der Waals surface area (Å²) >= 11 is 0. The molecule has 0 saturated heterocycles. The van der Waals surface area contributed by atoms with E-state index in [1.807, 2.05) is 0 Å². The molecule has 0 fully saturated rings. The van der Waals surface area contributed by atoms with Gasteiger partial charge < -0.3 is 24.7 Å². The summed E-state index contributed by atoms with van der Waals surface area (Å²) in [5.74, 6) is 0.914. The van der Waals surface area contributed by atoms with Crippen LogP contribution in [0.4, 0.5) is 0 Å². The van der Waals surface area contributed by atoms with Gasteiger partial charge in [0.15, 0.2) is 17.3 Å². The molecule has 1 amide bonds. The quantitative estimate of drug-likeness (QED) is 0.678. The van der Waals surface area contributed by atoms with Gasteiger partial charge in [-0.15, -0.1) is 6.42 Å². The fraction of sp³-hybridized carbons (Fsp3) is 0.263. The molecule has 3 N–H and O–H groups in total. The van der Waals surface area contributed by atoms with Crippen molar-refractivity contribution < 1.29 is 24.2 Å². The second-order valence-electron chi connectivity index (χ2n) is 5.60. The first kappa shape index (κ1) is 18.9. The molecule has 0 saturated carbocycles. The van der Waals surface area contributed by atoms with Crippen LogP contribution in [0.2, 0.25) is 0 Å². The molecule has 0 aliphatic carbocycles. The lowest BCUT2D eigenvalue weighted by Gasteiger charge is -2.18. The Kier molecular flexibility index (Phi) is 5.91. The number of phenolic OH excluding ortho intramolecular Hbond substituents is 1. The molecule has 0 aliphatic rings. The third kappa shape index (κ3) is 4.16. The standard InChI is InChI=1S/C19H19NO6/c1-4-7-20-17(23)10-13(12-5-6-14(21)16(9-12)25-3)19-18(24)15(22)8-11(2)26-19/h1,5-6,8-9,13,21,24H,7,10H2,2-3H3,(H,20,23). The van der Waals surface area contributed by atoms with E-state index in [0.29, 0.717) is 11.3 Å². The van der Waals surface area contributed by atoms with Crippen molar-refractivity contribution in [1.82, 2.24) is 5.32 Å². The van der Waals surface area contributed by atoms with Crippen molar-refractivity contribution in [1.29, 1.82) is 0 Å². The van der Waals surface area contributed by atoms with Gasteiger partial charge in [-0.1, -0.05) is 12.0 Å². The van der Waals surface area contributed by atoms with Gasteiger partial charge in [0, 0.05) is 12.5 Å². The van der Waals surface area contributed by atoms with Crippen LogP contribution in [0.3, 0.4) is 0 Å². The van der Waals surface area contributed by atoms with Gasteiger partial charge in [0.05, 0.1) is 19.6 Å². The average Bonchev–Trinajstić information content (AvgIpc) is 2.61. The maximum Gasteiger partial charge on any atom is 0.227 e. The van der Waals surface area contributed by atoms with Crippen LogP contribution in [0.15, 0.2) is 33.5 Å². The number of carbonyl (C=O) groups excluding carboxylic acids is 1. The molecule has 1 aromatic heterocycles. The number of aromatic hydroxyl groups is 2. The highest BCUT2D eigenvalue weighted by atomic mass is 16.5. The average molecular weight is 357 g/mol. The molecule has 136 valence electrons. The van der Waals surface area contributed by atoms with Gasteiger partial charge in [-0.2, -0.15) is 0 Å². The summed E-state index contributed by atoms with van der Waals surface area (Å²) in [5, 5.41) is 22.5. The number of ether oxygens (including phenoxy) is 1. The fourth-order valence-electron chi connectivity index (χ4n) is 2.54. The minimum Gasteiger partial charge on any atom is -0.504 e. The number of carbonyl (C=O) groups is 1. The molecule has 1 aromatic carbocycles. The predicted molar refractivity (Wildman–Crippen MR) is 94.3 cm³/mol. The Morgan fingerprint density at radius 2 is 2.12 bits per heavy atom. The zero-order chi connectivity index (χ0) is 19.3. The zero-order valence-electron chi connectivity index (χ0n) is 14.4. The van der Waals surface area contributed by atoms with Gasteiger partial charge in [0.2, 0.25) is 17.1 Å². The monoisotopic (exact) mass is 357 g/mol. The number of methoxy groups -OCH3 is 1. The Labute approximate surface area is 150 Å². The number of rotatable bonds is 6.